The molecule has 0 aromatic heterocycles. The quantitative estimate of drug-likeness (QED) is 0.852. The molecule has 2 N–H and O–H groups in total. The van der Waals surface area contributed by atoms with Crippen LogP contribution in [0.1, 0.15) is 59.3 Å². The van der Waals surface area contributed by atoms with E-state index in [2.05, 4.69) is 30.6 Å². The molecule has 0 bridgehead atoms. The standard InChI is InChI=1S/C16H33N3/c1-14(2)18-11-8-16(13-17,9-12-18)19-10-6-4-5-7-15(19)3/h14-15H,4-13,17H2,1-3H3. The first-order chi connectivity index (χ1) is 9.09. The topological polar surface area (TPSA) is 32.5 Å². The first-order valence-corrected chi connectivity index (χ1v) is 8.30. The van der Waals surface area contributed by atoms with Crippen LogP contribution in [-0.4, -0.2) is 53.6 Å². The van der Waals surface area contributed by atoms with E-state index in [9.17, 15) is 0 Å². The van der Waals surface area contributed by atoms with E-state index in [0.717, 1.165) is 12.6 Å². The van der Waals surface area contributed by atoms with Crippen LogP contribution in [0.15, 0.2) is 0 Å². The third kappa shape index (κ3) is 3.32. The Morgan fingerprint density at radius 3 is 2.37 bits per heavy atom. The molecule has 3 nitrogen and oxygen atoms in total. The summed E-state index contributed by atoms with van der Waals surface area (Å²) < 4.78 is 0. The fourth-order valence-corrected chi connectivity index (χ4v) is 4.04. The summed E-state index contributed by atoms with van der Waals surface area (Å²) >= 11 is 0. The zero-order valence-corrected chi connectivity index (χ0v) is 13.2. The van der Waals surface area contributed by atoms with Crippen molar-refractivity contribution in [3.63, 3.8) is 0 Å². The SMILES string of the molecule is CC(C)N1CCC(CN)(N2CCCCCC2C)CC1. The molecule has 2 aliphatic rings. The Morgan fingerprint density at radius 2 is 1.79 bits per heavy atom. The number of piperidine rings is 1. The number of nitrogens with two attached hydrogens (primary N) is 1. The molecule has 0 radical (unpaired) electrons. The van der Waals surface area contributed by atoms with Crippen molar-refractivity contribution >= 4 is 0 Å². The third-order valence-electron chi connectivity index (χ3n) is 5.50. The largest absolute Gasteiger partial charge is 0.329 e. The van der Waals surface area contributed by atoms with Crippen LogP contribution in [0.4, 0.5) is 0 Å². The molecule has 0 amide bonds. The smallest absolute Gasteiger partial charge is 0.0358 e. The Balaban J connectivity index is 2.05. The number of likely N-dealkylation sites (tertiary alicyclic amines) is 2. The summed E-state index contributed by atoms with van der Waals surface area (Å²) in [5.41, 5.74) is 6.53. The van der Waals surface area contributed by atoms with Gasteiger partial charge in [-0.1, -0.05) is 12.8 Å². The lowest BCUT2D eigenvalue weighted by Crippen LogP contribution is -2.62. The predicted molar refractivity (Wildman–Crippen MR) is 82.4 cm³/mol. The minimum absolute atomic E-state index is 0.287. The average molecular weight is 267 g/mol. The van der Waals surface area contributed by atoms with Crippen LogP contribution in [0, 0.1) is 0 Å². The molecule has 2 saturated heterocycles. The molecule has 2 rings (SSSR count). The molecule has 112 valence electrons. The van der Waals surface area contributed by atoms with Crippen LogP contribution < -0.4 is 5.73 Å². The first kappa shape index (κ1) is 15.3. The van der Waals surface area contributed by atoms with Gasteiger partial charge in [0.2, 0.25) is 0 Å². The van der Waals surface area contributed by atoms with E-state index in [1.807, 2.05) is 0 Å². The van der Waals surface area contributed by atoms with Crippen molar-refractivity contribution in [2.45, 2.75) is 76.9 Å². The Hall–Kier alpha value is -0.120. The maximum absolute atomic E-state index is 6.24. The molecule has 2 aliphatic heterocycles. The molecule has 2 fully saturated rings. The van der Waals surface area contributed by atoms with Crippen LogP contribution in [0.25, 0.3) is 0 Å². The van der Waals surface area contributed by atoms with Crippen molar-refractivity contribution in [1.29, 1.82) is 0 Å². The van der Waals surface area contributed by atoms with Crippen LogP contribution in [0.2, 0.25) is 0 Å². The minimum atomic E-state index is 0.287. The second-order valence-electron chi connectivity index (χ2n) is 6.95. The predicted octanol–water partition coefficient (Wildman–Crippen LogP) is 2.45. The van der Waals surface area contributed by atoms with Gasteiger partial charge in [0.05, 0.1) is 0 Å². The van der Waals surface area contributed by atoms with E-state index < -0.39 is 0 Å². The van der Waals surface area contributed by atoms with Gasteiger partial charge in [-0.25, -0.2) is 0 Å². The molecule has 2 heterocycles. The Morgan fingerprint density at radius 1 is 1.11 bits per heavy atom. The summed E-state index contributed by atoms with van der Waals surface area (Å²) in [6.45, 7) is 11.6. The van der Waals surface area contributed by atoms with E-state index >= 15 is 0 Å². The Kier molecular flexibility index (Phi) is 5.27. The maximum Gasteiger partial charge on any atom is 0.0358 e. The summed E-state index contributed by atoms with van der Waals surface area (Å²) in [4.78, 5) is 5.38. The number of hydrogen-bond donors (Lipinski definition) is 1. The van der Waals surface area contributed by atoms with Crippen molar-refractivity contribution in [3.8, 4) is 0 Å². The van der Waals surface area contributed by atoms with Crippen molar-refractivity contribution in [3.05, 3.63) is 0 Å². The molecule has 19 heavy (non-hydrogen) atoms. The average Bonchev–Trinajstić information content (AvgIpc) is 2.64. The highest BCUT2D eigenvalue weighted by Crippen LogP contribution is 2.33. The van der Waals surface area contributed by atoms with Crippen LogP contribution in [0.3, 0.4) is 0 Å². The minimum Gasteiger partial charge on any atom is -0.329 e. The molecule has 0 aliphatic carbocycles. The molecule has 0 aromatic rings. The molecule has 0 aromatic carbocycles. The lowest BCUT2D eigenvalue weighted by Gasteiger charge is -2.51. The van der Waals surface area contributed by atoms with E-state index in [1.165, 1.54) is 58.2 Å². The van der Waals surface area contributed by atoms with Crippen molar-refractivity contribution in [2.24, 2.45) is 5.73 Å². The highest BCUT2D eigenvalue weighted by atomic mass is 15.3. The second kappa shape index (κ2) is 6.55. The van der Waals surface area contributed by atoms with E-state index in [-0.39, 0.29) is 5.54 Å². The fourth-order valence-electron chi connectivity index (χ4n) is 4.04. The van der Waals surface area contributed by atoms with Gasteiger partial charge in [0.15, 0.2) is 0 Å². The van der Waals surface area contributed by atoms with Gasteiger partial charge in [0.25, 0.3) is 0 Å². The van der Waals surface area contributed by atoms with Crippen molar-refractivity contribution in [1.82, 2.24) is 9.80 Å². The number of nitrogens with zero attached hydrogens (tertiary/aromatic N) is 2. The molecule has 3 heteroatoms. The molecular formula is C16H33N3. The van der Waals surface area contributed by atoms with Crippen LogP contribution in [0.5, 0.6) is 0 Å². The lowest BCUT2D eigenvalue weighted by molar-refractivity contribution is -0.00378. The molecule has 1 unspecified atom stereocenters. The summed E-state index contributed by atoms with van der Waals surface area (Å²) in [7, 11) is 0. The van der Waals surface area contributed by atoms with E-state index in [4.69, 9.17) is 5.73 Å². The van der Waals surface area contributed by atoms with Crippen LogP contribution in [-0.2, 0) is 0 Å². The maximum atomic E-state index is 6.24. The lowest BCUT2D eigenvalue weighted by atomic mass is 9.83. The van der Waals surface area contributed by atoms with Gasteiger partial charge in [0.1, 0.15) is 0 Å². The molecule has 0 spiro atoms. The second-order valence-corrected chi connectivity index (χ2v) is 6.95. The van der Waals surface area contributed by atoms with E-state index in [0.29, 0.717) is 6.04 Å². The van der Waals surface area contributed by atoms with E-state index in [1.54, 1.807) is 0 Å². The van der Waals surface area contributed by atoms with Crippen molar-refractivity contribution in [2.75, 3.05) is 26.2 Å². The van der Waals surface area contributed by atoms with Gasteiger partial charge in [-0.3, -0.25) is 4.90 Å². The normalized spacial score (nSPS) is 30.5. The van der Waals surface area contributed by atoms with Crippen LogP contribution >= 0.6 is 0 Å². The zero-order valence-electron chi connectivity index (χ0n) is 13.2. The van der Waals surface area contributed by atoms with Gasteiger partial charge >= 0.3 is 0 Å². The van der Waals surface area contributed by atoms with Crippen molar-refractivity contribution < 1.29 is 0 Å². The summed E-state index contributed by atoms with van der Waals surface area (Å²) in [5.74, 6) is 0. The Bertz CT molecular complexity index is 269. The molecule has 1 atom stereocenters. The molecule has 0 saturated carbocycles. The fraction of sp³-hybridized carbons (Fsp3) is 1.00. The highest BCUT2D eigenvalue weighted by molar-refractivity contribution is 4.99. The summed E-state index contributed by atoms with van der Waals surface area (Å²) in [5, 5.41) is 0. The number of hydrogen-bond acceptors (Lipinski definition) is 3. The highest BCUT2D eigenvalue weighted by Gasteiger charge is 2.41. The van der Waals surface area contributed by atoms with Gasteiger partial charge < -0.3 is 10.6 Å². The number of rotatable bonds is 3. The van der Waals surface area contributed by atoms with Gasteiger partial charge in [-0.15, -0.1) is 0 Å². The molecular weight excluding hydrogens is 234 g/mol. The first-order valence-electron chi connectivity index (χ1n) is 8.30. The zero-order chi connectivity index (χ0) is 13.9. The van der Waals surface area contributed by atoms with Gasteiger partial charge in [-0.2, -0.15) is 0 Å². The Labute approximate surface area is 119 Å². The summed E-state index contributed by atoms with van der Waals surface area (Å²) in [6, 6.07) is 1.40. The summed E-state index contributed by atoms with van der Waals surface area (Å²) in [6.07, 6.45) is 8.03. The third-order valence-corrected chi connectivity index (χ3v) is 5.50. The van der Waals surface area contributed by atoms with Gasteiger partial charge in [-0.05, 0) is 53.0 Å². The van der Waals surface area contributed by atoms with Gasteiger partial charge in [0, 0.05) is 37.3 Å². The monoisotopic (exact) mass is 267 g/mol.